The van der Waals surface area contributed by atoms with Gasteiger partial charge in [-0.05, 0) is 95.4 Å². The zero-order valence-corrected chi connectivity index (χ0v) is 29.7. The third-order valence-electron chi connectivity index (χ3n) is 10.8. The van der Waals surface area contributed by atoms with Crippen LogP contribution >= 0.6 is 34.2 Å². The summed E-state index contributed by atoms with van der Waals surface area (Å²) in [6, 6.07) is 30.8. The SMILES string of the molecule is O=C1[C@H]2[C@H](CC=C3[C@H]2C[C@H]2C(=O)N(c4cccc(Cl)c4)C(=O)[C@@]2(c2ccccc2)[C@H]3c2ccccc2OCCO)C(=O)N1c1ccc(I)cc1. The molecule has 1 N–H and O–H groups in total. The van der Waals surface area contributed by atoms with Gasteiger partial charge in [-0.3, -0.25) is 24.1 Å². The summed E-state index contributed by atoms with van der Waals surface area (Å²) in [4.78, 5) is 61.4. The fraction of sp³-hybridized carbons (Fsp3) is 0.250. The Morgan fingerprint density at radius 2 is 1.54 bits per heavy atom. The van der Waals surface area contributed by atoms with Crippen molar-refractivity contribution in [2.45, 2.75) is 24.2 Å². The highest BCUT2D eigenvalue weighted by Crippen LogP contribution is 2.65. The van der Waals surface area contributed by atoms with Crippen molar-refractivity contribution in [3.05, 3.63) is 134 Å². The number of amides is 4. The highest BCUT2D eigenvalue weighted by molar-refractivity contribution is 14.1. The zero-order valence-electron chi connectivity index (χ0n) is 26.7. The van der Waals surface area contributed by atoms with Gasteiger partial charge in [-0.25, -0.2) is 4.90 Å². The lowest BCUT2D eigenvalue weighted by Gasteiger charge is -2.51. The van der Waals surface area contributed by atoms with Crippen molar-refractivity contribution in [2.24, 2.45) is 23.7 Å². The maximum Gasteiger partial charge on any atom is 0.246 e. The van der Waals surface area contributed by atoms with Crippen LogP contribution in [0.15, 0.2) is 115 Å². The van der Waals surface area contributed by atoms with Crippen LogP contribution in [-0.4, -0.2) is 41.9 Å². The monoisotopic (exact) mass is 798 g/mol. The number of benzene rings is 4. The average molecular weight is 799 g/mol. The van der Waals surface area contributed by atoms with Gasteiger partial charge in [0.2, 0.25) is 23.6 Å². The summed E-state index contributed by atoms with van der Waals surface area (Å²) in [5.74, 6) is -4.29. The number of halogens is 2. The molecule has 2 saturated heterocycles. The molecular weight excluding hydrogens is 767 g/mol. The fourth-order valence-electron chi connectivity index (χ4n) is 8.94. The maximum atomic E-state index is 15.4. The smallest absolute Gasteiger partial charge is 0.246 e. The molecule has 6 atom stereocenters. The van der Waals surface area contributed by atoms with Crippen LogP contribution < -0.4 is 14.5 Å². The zero-order chi connectivity index (χ0) is 34.7. The van der Waals surface area contributed by atoms with Crippen molar-refractivity contribution in [1.29, 1.82) is 0 Å². The first-order valence-electron chi connectivity index (χ1n) is 16.6. The molecule has 8 rings (SSSR count). The van der Waals surface area contributed by atoms with Crippen LogP contribution in [0.2, 0.25) is 5.02 Å². The second kappa shape index (κ2) is 12.8. The summed E-state index contributed by atoms with van der Waals surface area (Å²) >= 11 is 8.60. The molecule has 4 aromatic carbocycles. The minimum atomic E-state index is -1.42. The first-order valence-corrected chi connectivity index (χ1v) is 18.1. The van der Waals surface area contributed by atoms with Gasteiger partial charge in [0, 0.05) is 20.1 Å². The first kappa shape index (κ1) is 32.9. The van der Waals surface area contributed by atoms with Crippen LogP contribution in [0.3, 0.4) is 0 Å². The van der Waals surface area contributed by atoms with Crippen molar-refractivity contribution in [3.63, 3.8) is 0 Å². The van der Waals surface area contributed by atoms with Gasteiger partial charge in [0.15, 0.2) is 0 Å². The Labute approximate surface area is 307 Å². The molecule has 3 fully saturated rings. The number of aliphatic hydroxyl groups is 1. The van der Waals surface area contributed by atoms with Gasteiger partial charge in [-0.15, -0.1) is 0 Å². The summed E-state index contributed by atoms with van der Waals surface area (Å²) in [6.07, 6.45) is 2.54. The topological polar surface area (TPSA) is 104 Å². The summed E-state index contributed by atoms with van der Waals surface area (Å²) in [5, 5.41) is 10.1. The highest BCUT2D eigenvalue weighted by Gasteiger charge is 2.70. The number of hydrogen-bond acceptors (Lipinski definition) is 6. The molecule has 252 valence electrons. The number of nitrogens with zero attached hydrogens (tertiary/aromatic N) is 2. The minimum Gasteiger partial charge on any atom is -0.491 e. The van der Waals surface area contributed by atoms with Crippen molar-refractivity contribution >= 4 is 69.2 Å². The van der Waals surface area contributed by atoms with Gasteiger partial charge in [0.1, 0.15) is 12.4 Å². The van der Waals surface area contributed by atoms with E-state index in [-0.39, 0.29) is 37.4 Å². The Morgan fingerprint density at radius 1 is 0.800 bits per heavy atom. The van der Waals surface area contributed by atoms with Crippen molar-refractivity contribution in [1.82, 2.24) is 0 Å². The molecule has 0 unspecified atom stereocenters. The number of rotatable bonds is 7. The minimum absolute atomic E-state index is 0.0259. The summed E-state index contributed by atoms with van der Waals surface area (Å²) in [6.45, 7) is -0.191. The standard InChI is InChI=1S/C40H32ClIN2O6/c41-24-9-6-10-27(21-24)44-37(47)32-22-31-28(17-18-30-34(31)38(48)43(36(30)46)26-15-13-25(42)14-16-26)35(29-11-4-5-12-33(29)50-20-19-45)40(32,39(44)49)23-7-2-1-3-8-23/h1-17,21,30-32,34-35,45H,18-20,22H2/t30-,31+,32-,34-,35+,40+/m0/s1. The van der Waals surface area contributed by atoms with Gasteiger partial charge in [0.05, 0.1) is 41.2 Å². The summed E-state index contributed by atoms with van der Waals surface area (Å²) in [7, 11) is 0. The summed E-state index contributed by atoms with van der Waals surface area (Å²) < 4.78 is 7.09. The third kappa shape index (κ3) is 4.88. The second-order valence-corrected chi connectivity index (χ2v) is 14.9. The number of aliphatic hydroxyl groups excluding tert-OH is 1. The second-order valence-electron chi connectivity index (χ2n) is 13.2. The maximum absolute atomic E-state index is 15.4. The van der Waals surface area contributed by atoms with Crippen LogP contribution in [0.1, 0.15) is 29.9 Å². The Kier molecular flexibility index (Phi) is 8.40. The normalized spacial score (nSPS) is 27.2. The molecule has 8 nitrogen and oxygen atoms in total. The molecule has 50 heavy (non-hydrogen) atoms. The van der Waals surface area contributed by atoms with Gasteiger partial charge in [-0.1, -0.05) is 77.8 Å². The lowest BCUT2D eigenvalue weighted by Crippen LogP contribution is -2.53. The van der Waals surface area contributed by atoms with E-state index in [1.807, 2.05) is 66.7 Å². The molecule has 1 saturated carbocycles. The molecule has 2 heterocycles. The van der Waals surface area contributed by atoms with E-state index in [2.05, 4.69) is 22.6 Å². The molecule has 4 aromatic rings. The predicted molar refractivity (Wildman–Crippen MR) is 197 cm³/mol. The molecule has 0 aromatic heterocycles. The Morgan fingerprint density at radius 3 is 2.28 bits per heavy atom. The molecule has 10 heteroatoms. The quantitative estimate of drug-likeness (QED) is 0.127. The largest absolute Gasteiger partial charge is 0.491 e. The Hall–Kier alpha value is -4.32. The first-order chi connectivity index (χ1) is 24.3. The van der Waals surface area contributed by atoms with Gasteiger partial charge < -0.3 is 9.84 Å². The molecule has 2 aliphatic heterocycles. The van der Waals surface area contributed by atoms with E-state index in [0.29, 0.717) is 39.7 Å². The number of fused-ring (bicyclic) bond motifs is 4. The molecule has 0 spiro atoms. The number of para-hydroxylation sites is 1. The number of imide groups is 2. The average Bonchev–Trinajstić information content (AvgIpc) is 3.52. The van der Waals surface area contributed by atoms with Crippen molar-refractivity contribution in [2.75, 3.05) is 23.0 Å². The Bertz CT molecular complexity index is 2070. The number of carbonyl (C=O) groups excluding carboxylic acids is 4. The number of ether oxygens (including phenoxy) is 1. The van der Waals surface area contributed by atoms with E-state index in [1.54, 1.807) is 42.5 Å². The highest BCUT2D eigenvalue weighted by atomic mass is 127. The van der Waals surface area contributed by atoms with Crippen molar-refractivity contribution < 1.29 is 29.0 Å². The lowest BCUT2D eigenvalue weighted by molar-refractivity contribution is -0.127. The van der Waals surface area contributed by atoms with Crippen LogP contribution in [0, 0.1) is 27.2 Å². The number of anilines is 2. The number of allylic oxidation sites excluding steroid dienone is 2. The van der Waals surface area contributed by atoms with Crippen LogP contribution in [0.25, 0.3) is 0 Å². The van der Waals surface area contributed by atoms with Gasteiger partial charge >= 0.3 is 0 Å². The molecule has 2 aliphatic carbocycles. The van der Waals surface area contributed by atoms with E-state index in [4.69, 9.17) is 16.3 Å². The number of hydrogen-bond donors (Lipinski definition) is 1. The van der Waals surface area contributed by atoms with Crippen LogP contribution in [0.4, 0.5) is 11.4 Å². The molecule has 0 radical (unpaired) electrons. The van der Waals surface area contributed by atoms with Crippen LogP contribution in [0.5, 0.6) is 5.75 Å². The van der Waals surface area contributed by atoms with E-state index in [1.165, 1.54) is 9.80 Å². The van der Waals surface area contributed by atoms with Gasteiger partial charge in [0.25, 0.3) is 0 Å². The van der Waals surface area contributed by atoms with E-state index in [9.17, 15) is 19.5 Å². The van der Waals surface area contributed by atoms with Crippen LogP contribution in [-0.2, 0) is 24.6 Å². The molecule has 4 aliphatic rings. The molecule has 0 bridgehead atoms. The van der Waals surface area contributed by atoms with Gasteiger partial charge in [-0.2, -0.15) is 0 Å². The number of carbonyl (C=O) groups is 4. The molecular formula is C40H32ClIN2O6. The lowest BCUT2D eigenvalue weighted by atomic mass is 9.49. The third-order valence-corrected chi connectivity index (χ3v) is 11.8. The van der Waals surface area contributed by atoms with E-state index < -0.39 is 40.9 Å². The Balaban J connectivity index is 1.36. The van der Waals surface area contributed by atoms with E-state index in [0.717, 1.165) is 9.14 Å². The van der Waals surface area contributed by atoms with Crippen molar-refractivity contribution in [3.8, 4) is 5.75 Å². The van der Waals surface area contributed by atoms with E-state index >= 15 is 4.79 Å². The fourth-order valence-corrected chi connectivity index (χ4v) is 9.48. The summed E-state index contributed by atoms with van der Waals surface area (Å²) in [5.41, 5.74) is 1.65. The predicted octanol–water partition coefficient (Wildman–Crippen LogP) is 6.68. The molecule has 4 amide bonds.